The van der Waals surface area contributed by atoms with Gasteiger partial charge < -0.3 is 19.3 Å². The second kappa shape index (κ2) is 11.0. The summed E-state index contributed by atoms with van der Waals surface area (Å²) in [7, 11) is 2.98. The van der Waals surface area contributed by atoms with Crippen molar-refractivity contribution in [2.75, 3.05) is 19.1 Å². The summed E-state index contributed by atoms with van der Waals surface area (Å²) in [6, 6.07) is 18.8. The zero-order chi connectivity index (χ0) is 27.6. The number of benzene rings is 3. The number of amides is 1. The molecule has 1 heterocycles. The molecular formula is C31H33NO6. The van der Waals surface area contributed by atoms with E-state index in [2.05, 4.69) is 13.8 Å². The minimum absolute atomic E-state index is 0.00789. The molecule has 0 bridgehead atoms. The minimum Gasteiger partial charge on any atom is -0.507 e. The van der Waals surface area contributed by atoms with Gasteiger partial charge in [0.25, 0.3) is 11.7 Å². The predicted octanol–water partition coefficient (Wildman–Crippen LogP) is 6.24. The first kappa shape index (κ1) is 26.8. The lowest BCUT2D eigenvalue weighted by Crippen LogP contribution is -2.29. The van der Waals surface area contributed by atoms with E-state index in [0.717, 1.165) is 5.56 Å². The smallest absolute Gasteiger partial charge is 0.300 e. The van der Waals surface area contributed by atoms with E-state index in [-0.39, 0.29) is 23.0 Å². The first-order valence-electron chi connectivity index (χ1n) is 12.6. The number of anilines is 1. The van der Waals surface area contributed by atoms with Gasteiger partial charge in [-0.3, -0.25) is 14.5 Å². The maximum atomic E-state index is 13.5. The van der Waals surface area contributed by atoms with E-state index < -0.39 is 17.7 Å². The molecule has 0 spiro atoms. The van der Waals surface area contributed by atoms with Crippen LogP contribution in [0.1, 0.15) is 56.3 Å². The van der Waals surface area contributed by atoms with Crippen LogP contribution in [-0.4, -0.2) is 37.1 Å². The van der Waals surface area contributed by atoms with Crippen molar-refractivity contribution in [3.05, 3.63) is 89.0 Å². The molecule has 1 N–H and O–H groups in total. The van der Waals surface area contributed by atoms with E-state index in [4.69, 9.17) is 14.2 Å². The summed E-state index contributed by atoms with van der Waals surface area (Å²) in [6.45, 7) is 8.05. The highest BCUT2D eigenvalue weighted by molar-refractivity contribution is 6.51. The Morgan fingerprint density at radius 1 is 0.842 bits per heavy atom. The third-order valence-electron chi connectivity index (χ3n) is 6.51. The quantitative estimate of drug-likeness (QED) is 0.217. The number of rotatable bonds is 8. The fraction of sp³-hybridized carbons (Fsp3) is 0.290. The average molecular weight is 516 g/mol. The molecule has 4 rings (SSSR count). The molecule has 1 atom stereocenters. The Kier molecular flexibility index (Phi) is 7.76. The summed E-state index contributed by atoms with van der Waals surface area (Å²) >= 11 is 0. The Labute approximate surface area is 223 Å². The topological polar surface area (TPSA) is 85.3 Å². The molecule has 3 aromatic rings. The van der Waals surface area contributed by atoms with Crippen LogP contribution in [0, 0.1) is 0 Å². The van der Waals surface area contributed by atoms with E-state index in [1.165, 1.54) is 19.1 Å². The van der Waals surface area contributed by atoms with Crippen LogP contribution in [0.15, 0.2) is 72.3 Å². The van der Waals surface area contributed by atoms with Crippen LogP contribution < -0.4 is 19.1 Å². The van der Waals surface area contributed by atoms with Gasteiger partial charge in [-0.05, 0) is 73.4 Å². The molecule has 0 aromatic heterocycles. The number of carbonyl (C=O) groups excluding carboxylic acids is 2. The van der Waals surface area contributed by atoms with Crippen molar-refractivity contribution < 1.29 is 28.9 Å². The minimum atomic E-state index is -0.871. The van der Waals surface area contributed by atoms with Gasteiger partial charge in [0.1, 0.15) is 23.0 Å². The summed E-state index contributed by atoms with van der Waals surface area (Å²) in [5.41, 5.74) is 2.53. The highest BCUT2D eigenvalue weighted by atomic mass is 16.5. The Bertz CT molecular complexity index is 1360. The molecule has 38 heavy (non-hydrogen) atoms. The van der Waals surface area contributed by atoms with Crippen molar-refractivity contribution >= 4 is 23.1 Å². The predicted molar refractivity (Wildman–Crippen MR) is 147 cm³/mol. The van der Waals surface area contributed by atoms with Gasteiger partial charge in [0.15, 0.2) is 0 Å². The molecule has 1 aliphatic heterocycles. The SMILES string of the molecule is COc1ccc(OC)c(/C(O)=C2\C(=O)C(=O)N(c3ccc(C(C)C)cc3)C2c2ccc(OC(C)C)cc2)c1. The van der Waals surface area contributed by atoms with Crippen LogP contribution >= 0.6 is 0 Å². The summed E-state index contributed by atoms with van der Waals surface area (Å²) in [4.78, 5) is 28.5. The number of Topliss-reactive ketones (excluding diaryl/α,β-unsaturated/α-hetero) is 1. The molecule has 0 saturated carbocycles. The summed E-state index contributed by atoms with van der Waals surface area (Å²) < 4.78 is 16.6. The lowest BCUT2D eigenvalue weighted by Gasteiger charge is -2.26. The second-order valence-corrected chi connectivity index (χ2v) is 9.72. The highest BCUT2D eigenvalue weighted by Crippen LogP contribution is 2.44. The lowest BCUT2D eigenvalue weighted by molar-refractivity contribution is -0.132. The monoisotopic (exact) mass is 515 g/mol. The third kappa shape index (κ3) is 5.09. The van der Waals surface area contributed by atoms with Gasteiger partial charge in [0.2, 0.25) is 0 Å². The Morgan fingerprint density at radius 2 is 1.47 bits per heavy atom. The first-order valence-corrected chi connectivity index (χ1v) is 12.6. The van der Waals surface area contributed by atoms with E-state index in [9.17, 15) is 14.7 Å². The van der Waals surface area contributed by atoms with Gasteiger partial charge in [-0.25, -0.2) is 0 Å². The van der Waals surface area contributed by atoms with E-state index in [1.807, 2.05) is 38.1 Å². The summed E-state index contributed by atoms with van der Waals surface area (Å²) in [6.07, 6.45) is -0.00789. The first-order chi connectivity index (χ1) is 18.2. The van der Waals surface area contributed by atoms with Crippen molar-refractivity contribution in [1.82, 2.24) is 0 Å². The molecule has 3 aromatic carbocycles. The van der Waals surface area contributed by atoms with Crippen LogP contribution in [0.5, 0.6) is 17.2 Å². The van der Waals surface area contributed by atoms with Gasteiger partial charge in [-0.2, -0.15) is 0 Å². The van der Waals surface area contributed by atoms with Crippen molar-refractivity contribution in [2.45, 2.75) is 45.8 Å². The Morgan fingerprint density at radius 3 is 2.03 bits per heavy atom. The fourth-order valence-electron chi connectivity index (χ4n) is 4.58. The number of aliphatic hydroxyl groups is 1. The van der Waals surface area contributed by atoms with Crippen LogP contribution in [0.3, 0.4) is 0 Å². The van der Waals surface area contributed by atoms with Crippen molar-refractivity contribution in [1.29, 1.82) is 0 Å². The van der Waals surface area contributed by atoms with E-state index >= 15 is 0 Å². The summed E-state index contributed by atoms with van der Waals surface area (Å²) in [5, 5.41) is 11.5. The van der Waals surface area contributed by atoms with E-state index in [0.29, 0.717) is 34.4 Å². The Balaban J connectivity index is 1.92. The van der Waals surface area contributed by atoms with E-state index in [1.54, 1.807) is 42.5 Å². The van der Waals surface area contributed by atoms with Gasteiger partial charge in [0.05, 0.1) is 37.5 Å². The summed E-state index contributed by atoms with van der Waals surface area (Å²) in [5.74, 6) is -0.0625. The normalized spacial score (nSPS) is 16.8. The number of carbonyl (C=O) groups is 2. The number of aliphatic hydroxyl groups excluding tert-OH is 1. The largest absolute Gasteiger partial charge is 0.507 e. The van der Waals surface area contributed by atoms with Crippen molar-refractivity contribution in [3.63, 3.8) is 0 Å². The molecule has 1 aliphatic rings. The van der Waals surface area contributed by atoms with Crippen molar-refractivity contribution in [3.8, 4) is 17.2 Å². The van der Waals surface area contributed by atoms with Crippen LogP contribution in [-0.2, 0) is 9.59 Å². The van der Waals surface area contributed by atoms with Crippen LogP contribution in [0.4, 0.5) is 5.69 Å². The average Bonchev–Trinajstić information content (AvgIpc) is 3.18. The molecule has 1 unspecified atom stereocenters. The number of ketones is 1. The molecule has 7 nitrogen and oxygen atoms in total. The zero-order valence-corrected chi connectivity index (χ0v) is 22.5. The molecule has 0 radical (unpaired) electrons. The highest BCUT2D eigenvalue weighted by Gasteiger charge is 2.47. The van der Waals surface area contributed by atoms with Crippen LogP contribution in [0.2, 0.25) is 0 Å². The van der Waals surface area contributed by atoms with Gasteiger partial charge in [0, 0.05) is 5.69 Å². The number of hydrogen-bond donors (Lipinski definition) is 1. The molecule has 1 saturated heterocycles. The lowest BCUT2D eigenvalue weighted by atomic mass is 9.94. The molecule has 0 aliphatic carbocycles. The molecular weight excluding hydrogens is 482 g/mol. The van der Waals surface area contributed by atoms with Gasteiger partial charge in [-0.1, -0.05) is 38.1 Å². The van der Waals surface area contributed by atoms with Gasteiger partial charge in [-0.15, -0.1) is 0 Å². The second-order valence-electron chi connectivity index (χ2n) is 9.72. The maximum Gasteiger partial charge on any atom is 0.300 e. The zero-order valence-electron chi connectivity index (χ0n) is 22.5. The standard InChI is InChI=1S/C31H33NO6/c1-18(2)20-7-11-22(12-8-20)32-28(21-9-13-23(14-10-21)38-19(3)4)27(30(34)31(32)35)29(33)25-17-24(36-5)15-16-26(25)37-6/h7-19,28,33H,1-6H3/b29-27+. The van der Waals surface area contributed by atoms with Gasteiger partial charge >= 0.3 is 0 Å². The Hall–Kier alpha value is -4.26. The molecule has 1 fully saturated rings. The molecule has 7 heteroatoms. The number of nitrogens with zero attached hydrogens (tertiary/aromatic N) is 1. The number of hydrogen-bond acceptors (Lipinski definition) is 6. The molecule has 198 valence electrons. The van der Waals surface area contributed by atoms with Crippen LogP contribution in [0.25, 0.3) is 5.76 Å². The number of methoxy groups -OCH3 is 2. The third-order valence-corrected chi connectivity index (χ3v) is 6.51. The molecule has 1 amide bonds. The number of ether oxygens (including phenoxy) is 3. The van der Waals surface area contributed by atoms with Crippen molar-refractivity contribution in [2.24, 2.45) is 0 Å². The maximum absolute atomic E-state index is 13.5. The fourth-order valence-corrected chi connectivity index (χ4v) is 4.58.